The number of ether oxygens (including phenoxy) is 1. The van der Waals surface area contributed by atoms with Crippen LogP contribution in [0.5, 0.6) is 5.75 Å². The molecule has 4 heteroatoms. The first kappa shape index (κ1) is 16.1. The van der Waals surface area contributed by atoms with Gasteiger partial charge < -0.3 is 4.74 Å². The number of rotatable bonds is 6. The molecular weight excluding hydrogens is 304 g/mol. The molecule has 0 saturated carbocycles. The Labute approximate surface area is 140 Å². The Hall–Kier alpha value is -2.75. The van der Waals surface area contributed by atoms with Crippen molar-refractivity contribution in [2.24, 2.45) is 0 Å². The zero-order chi connectivity index (χ0) is 17.1. The number of Topliss-reactive ketones (excluding diaryl/α,β-unsaturated/α-hetero) is 3. The Bertz CT molecular complexity index is 765. The SMILES string of the molecule is CC(=O)C(=O)CC(=O)c1ccc(OC2Cc3ccccc3C2)cc1. The largest absolute Gasteiger partial charge is 0.490 e. The second-order valence-corrected chi connectivity index (χ2v) is 6.02. The minimum atomic E-state index is -0.663. The van der Waals surface area contributed by atoms with Crippen molar-refractivity contribution in [3.8, 4) is 5.75 Å². The van der Waals surface area contributed by atoms with E-state index in [0.29, 0.717) is 11.3 Å². The average molecular weight is 322 g/mol. The summed E-state index contributed by atoms with van der Waals surface area (Å²) in [6.45, 7) is 1.17. The lowest BCUT2D eigenvalue weighted by atomic mass is 10.0. The van der Waals surface area contributed by atoms with Crippen molar-refractivity contribution in [2.75, 3.05) is 0 Å². The first-order chi connectivity index (χ1) is 11.5. The monoisotopic (exact) mass is 322 g/mol. The molecule has 0 bridgehead atoms. The maximum Gasteiger partial charge on any atom is 0.205 e. The van der Waals surface area contributed by atoms with Gasteiger partial charge in [-0.15, -0.1) is 0 Å². The molecule has 2 aromatic carbocycles. The molecule has 0 radical (unpaired) electrons. The number of hydrogen-bond acceptors (Lipinski definition) is 4. The summed E-state index contributed by atoms with van der Waals surface area (Å²) in [4.78, 5) is 34.2. The van der Waals surface area contributed by atoms with E-state index in [0.717, 1.165) is 12.8 Å². The van der Waals surface area contributed by atoms with Gasteiger partial charge in [0, 0.05) is 25.3 Å². The third kappa shape index (κ3) is 3.59. The summed E-state index contributed by atoms with van der Waals surface area (Å²) in [7, 11) is 0. The van der Waals surface area contributed by atoms with Gasteiger partial charge in [0.25, 0.3) is 0 Å². The van der Waals surface area contributed by atoms with Crippen molar-refractivity contribution in [2.45, 2.75) is 32.3 Å². The topological polar surface area (TPSA) is 60.4 Å². The standard InChI is InChI=1S/C20H18O4/c1-13(21)19(22)12-20(23)14-6-8-17(9-7-14)24-18-10-15-4-2-3-5-16(15)11-18/h2-9,18H,10-12H2,1H3. The van der Waals surface area contributed by atoms with Gasteiger partial charge in [0.15, 0.2) is 11.6 Å². The molecule has 122 valence electrons. The van der Waals surface area contributed by atoms with Crippen molar-refractivity contribution in [1.82, 2.24) is 0 Å². The Morgan fingerprint density at radius 1 is 0.958 bits per heavy atom. The van der Waals surface area contributed by atoms with Crippen LogP contribution in [0.3, 0.4) is 0 Å². The summed E-state index contributed by atoms with van der Waals surface area (Å²) in [5, 5.41) is 0. The fraction of sp³-hybridized carbons (Fsp3) is 0.250. The van der Waals surface area contributed by atoms with Crippen molar-refractivity contribution in [3.63, 3.8) is 0 Å². The van der Waals surface area contributed by atoms with E-state index in [-0.39, 0.29) is 18.3 Å². The van der Waals surface area contributed by atoms with Gasteiger partial charge in [-0.25, -0.2) is 0 Å². The van der Waals surface area contributed by atoms with Gasteiger partial charge in [-0.05, 0) is 35.4 Å². The Balaban J connectivity index is 1.60. The van der Waals surface area contributed by atoms with E-state index < -0.39 is 11.6 Å². The van der Waals surface area contributed by atoms with E-state index in [9.17, 15) is 14.4 Å². The van der Waals surface area contributed by atoms with Gasteiger partial charge in [-0.2, -0.15) is 0 Å². The highest BCUT2D eigenvalue weighted by atomic mass is 16.5. The minimum absolute atomic E-state index is 0.100. The van der Waals surface area contributed by atoms with Crippen molar-refractivity contribution < 1.29 is 19.1 Å². The van der Waals surface area contributed by atoms with E-state index in [2.05, 4.69) is 12.1 Å². The molecule has 4 nitrogen and oxygen atoms in total. The highest BCUT2D eigenvalue weighted by Crippen LogP contribution is 2.26. The van der Waals surface area contributed by atoms with Gasteiger partial charge in [-0.3, -0.25) is 14.4 Å². The molecule has 2 aromatic rings. The lowest BCUT2D eigenvalue weighted by molar-refractivity contribution is -0.134. The van der Waals surface area contributed by atoms with Crippen LogP contribution in [-0.2, 0) is 22.4 Å². The zero-order valence-electron chi connectivity index (χ0n) is 13.5. The molecule has 0 atom stereocenters. The summed E-state index contributed by atoms with van der Waals surface area (Å²) in [6, 6.07) is 15.0. The van der Waals surface area contributed by atoms with E-state index >= 15 is 0 Å². The third-order valence-electron chi connectivity index (χ3n) is 4.21. The Kier molecular flexibility index (Phi) is 4.56. The summed E-state index contributed by atoms with van der Waals surface area (Å²) in [5.74, 6) is -0.912. The van der Waals surface area contributed by atoms with Crippen LogP contribution in [0.25, 0.3) is 0 Å². The van der Waals surface area contributed by atoms with Crippen LogP contribution < -0.4 is 4.74 Å². The molecule has 0 heterocycles. The predicted molar refractivity (Wildman–Crippen MR) is 89.3 cm³/mol. The van der Waals surface area contributed by atoms with Gasteiger partial charge in [0.1, 0.15) is 11.9 Å². The zero-order valence-corrected chi connectivity index (χ0v) is 13.5. The fourth-order valence-corrected chi connectivity index (χ4v) is 2.89. The summed E-state index contributed by atoms with van der Waals surface area (Å²) < 4.78 is 5.98. The van der Waals surface area contributed by atoms with E-state index in [1.54, 1.807) is 24.3 Å². The summed E-state index contributed by atoms with van der Waals surface area (Å²) in [5.41, 5.74) is 3.04. The molecular formula is C20H18O4. The van der Waals surface area contributed by atoms with Gasteiger partial charge in [-0.1, -0.05) is 24.3 Å². The number of ketones is 3. The lowest BCUT2D eigenvalue weighted by Crippen LogP contribution is -2.17. The van der Waals surface area contributed by atoms with E-state index in [1.165, 1.54) is 18.1 Å². The number of fused-ring (bicyclic) bond motifs is 1. The highest BCUT2D eigenvalue weighted by molar-refractivity contribution is 6.40. The maximum atomic E-state index is 12.0. The quantitative estimate of drug-likeness (QED) is 0.466. The molecule has 24 heavy (non-hydrogen) atoms. The smallest absolute Gasteiger partial charge is 0.205 e. The fourth-order valence-electron chi connectivity index (χ4n) is 2.89. The molecule has 0 aliphatic heterocycles. The average Bonchev–Trinajstić information content (AvgIpc) is 2.97. The minimum Gasteiger partial charge on any atom is -0.490 e. The van der Waals surface area contributed by atoms with Crippen LogP contribution in [0.1, 0.15) is 34.8 Å². The van der Waals surface area contributed by atoms with Gasteiger partial charge in [0.05, 0.1) is 6.42 Å². The predicted octanol–water partition coefficient (Wildman–Crippen LogP) is 2.96. The van der Waals surface area contributed by atoms with Crippen LogP contribution in [0.4, 0.5) is 0 Å². The summed E-state index contributed by atoms with van der Waals surface area (Å²) in [6.07, 6.45) is 1.48. The molecule has 0 unspecified atom stereocenters. The second kappa shape index (κ2) is 6.79. The van der Waals surface area contributed by atoms with Gasteiger partial charge in [0.2, 0.25) is 5.78 Å². The molecule has 0 amide bonds. The molecule has 3 rings (SSSR count). The third-order valence-corrected chi connectivity index (χ3v) is 4.21. The molecule has 0 fully saturated rings. The number of benzene rings is 2. The normalized spacial score (nSPS) is 13.4. The number of hydrogen-bond donors (Lipinski definition) is 0. The van der Waals surface area contributed by atoms with Crippen molar-refractivity contribution in [3.05, 3.63) is 65.2 Å². The van der Waals surface area contributed by atoms with Crippen LogP contribution in [-0.4, -0.2) is 23.5 Å². The van der Waals surface area contributed by atoms with Crippen LogP contribution >= 0.6 is 0 Å². The maximum absolute atomic E-state index is 12.0. The molecule has 0 N–H and O–H groups in total. The number of carbonyl (C=O) groups is 3. The number of carbonyl (C=O) groups excluding carboxylic acids is 3. The van der Waals surface area contributed by atoms with E-state index in [1.807, 2.05) is 12.1 Å². The summed E-state index contributed by atoms with van der Waals surface area (Å²) >= 11 is 0. The molecule has 0 saturated heterocycles. The Morgan fingerprint density at radius 3 is 2.08 bits per heavy atom. The molecule has 0 spiro atoms. The van der Waals surface area contributed by atoms with Crippen LogP contribution in [0, 0.1) is 0 Å². The molecule has 1 aliphatic carbocycles. The molecule has 1 aliphatic rings. The molecule has 0 aromatic heterocycles. The lowest BCUT2D eigenvalue weighted by Gasteiger charge is -2.13. The second-order valence-electron chi connectivity index (χ2n) is 6.02. The van der Waals surface area contributed by atoms with E-state index in [4.69, 9.17) is 4.74 Å². The first-order valence-electron chi connectivity index (χ1n) is 7.93. The first-order valence-corrected chi connectivity index (χ1v) is 7.93. The van der Waals surface area contributed by atoms with Crippen LogP contribution in [0.2, 0.25) is 0 Å². The Morgan fingerprint density at radius 2 is 1.54 bits per heavy atom. The van der Waals surface area contributed by atoms with Crippen LogP contribution in [0.15, 0.2) is 48.5 Å². The van der Waals surface area contributed by atoms with Crippen molar-refractivity contribution >= 4 is 17.3 Å². The highest BCUT2D eigenvalue weighted by Gasteiger charge is 2.22. The van der Waals surface area contributed by atoms with Crippen molar-refractivity contribution in [1.29, 1.82) is 0 Å². The van der Waals surface area contributed by atoms with Gasteiger partial charge >= 0.3 is 0 Å².